The van der Waals surface area contributed by atoms with E-state index in [1.165, 1.54) is 32.6 Å². The maximum absolute atomic E-state index is 6.60. The summed E-state index contributed by atoms with van der Waals surface area (Å²) in [6.45, 7) is 0.449. The van der Waals surface area contributed by atoms with Gasteiger partial charge in [-0.1, -0.05) is 127 Å². The van der Waals surface area contributed by atoms with Gasteiger partial charge < -0.3 is 14.3 Å². The number of hydrogen-bond donors (Lipinski definition) is 1. The Kier molecular flexibility index (Phi) is 6.58. The Morgan fingerprint density at radius 1 is 0.585 bits per heavy atom. The fourth-order valence-corrected chi connectivity index (χ4v) is 7.95. The van der Waals surface area contributed by atoms with Crippen LogP contribution in [0.15, 0.2) is 183 Å². The van der Waals surface area contributed by atoms with Crippen molar-refractivity contribution in [3.8, 4) is 16.8 Å². The molecule has 6 nitrogen and oxygen atoms in total. The van der Waals surface area contributed by atoms with E-state index >= 15 is 0 Å². The molecule has 0 amide bonds. The quantitative estimate of drug-likeness (QED) is 0.196. The molecule has 0 bridgehead atoms. The Bertz CT molecular complexity index is 2990. The minimum absolute atomic E-state index is 0.342. The summed E-state index contributed by atoms with van der Waals surface area (Å²) in [6.07, 6.45) is -0.342. The molecule has 1 N–H and O–H groups in total. The largest absolute Gasteiger partial charge is 0.458 e. The summed E-state index contributed by atoms with van der Waals surface area (Å²) in [6, 6.07) is 57.5. The lowest BCUT2D eigenvalue weighted by Gasteiger charge is -2.24. The molecule has 0 radical (unpaired) electrons. The molecule has 0 fully saturated rings. The molecule has 2 aliphatic rings. The van der Waals surface area contributed by atoms with E-state index in [1.54, 1.807) is 0 Å². The molecule has 53 heavy (non-hydrogen) atoms. The first-order valence-electron chi connectivity index (χ1n) is 17.9. The van der Waals surface area contributed by atoms with Crippen LogP contribution in [0, 0.1) is 0 Å². The van der Waals surface area contributed by atoms with Crippen LogP contribution in [0.1, 0.15) is 28.6 Å². The Balaban J connectivity index is 0.996. The topological polar surface area (TPSA) is 67.2 Å². The predicted octanol–water partition coefficient (Wildman–Crippen LogP) is 10.8. The number of hydrogen-bond acceptors (Lipinski definition) is 5. The lowest BCUT2D eigenvalue weighted by molar-refractivity contribution is 0.557. The minimum Gasteiger partial charge on any atom is -0.458 e. The first kappa shape index (κ1) is 29.7. The van der Waals surface area contributed by atoms with Gasteiger partial charge >= 0.3 is 0 Å². The third kappa shape index (κ3) is 4.84. The van der Waals surface area contributed by atoms with Crippen LogP contribution in [0.25, 0.3) is 60.4 Å². The number of rotatable bonds is 5. The molecule has 7 aromatic carbocycles. The van der Waals surface area contributed by atoms with Gasteiger partial charge in [-0.15, -0.1) is 0 Å². The van der Waals surface area contributed by atoms with E-state index in [9.17, 15) is 0 Å². The molecule has 0 aliphatic carbocycles. The number of aliphatic imine (C=N–C) groups is 3. The van der Waals surface area contributed by atoms with Gasteiger partial charge in [-0.05, 0) is 57.8 Å². The summed E-state index contributed by atoms with van der Waals surface area (Å²) in [7, 11) is 0. The predicted molar refractivity (Wildman–Crippen MR) is 216 cm³/mol. The number of fused-ring (bicyclic) bond motifs is 7. The van der Waals surface area contributed by atoms with E-state index in [-0.39, 0.29) is 6.17 Å². The van der Waals surface area contributed by atoms with E-state index in [1.807, 2.05) is 24.3 Å². The normalized spacial score (nSPS) is 15.4. The number of amidine groups is 2. The Morgan fingerprint density at radius 3 is 2.09 bits per heavy atom. The van der Waals surface area contributed by atoms with Crippen LogP contribution in [0.5, 0.6) is 0 Å². The summed E-state index contributed by atoms with van der Waals surface area (Å²) in [5.41, 5.74) is 10.3. The summed E-state index contributed by atoms with van der Waals surface area (Å²) in [5, 5.41) is 9.57. The van der Waals surface area contributed by atoms with Gasteiger partial charge in [-0.25, -0.2) is 9.98 Å². The molecule has 0 saturated carbocycles. The number of benzene rings is 7. The number of nitrogens with one attached hydrogen (secondary N) is 1. The van der Waals surface area contributed by atoms with Gasteiger partial charge in [0.05, 0.1) is 23.1 Å². The summed E-state index contributed by atoms with van der Waals surface area (Å²) in [5.74, 6) is 2.20. The van der Waals surface area contributed by atoms with Crippen LogP contribution in [0.4, 0.5) is 0 Å². The summed E-state index contributed by atoms with van der Waals surface area (Å²) >= 11 is 0. The third-order valence-corrected chi connectivity index (χ3v) is 10.5. The molecule has 6 heteroatoms. The van der Waals surface area contributed by atoms with Gasteiger partial charge in [0.15, 0.2) is 11.7 Å². The van der Waals surface area contributed by atoms with Gasteiger partial charge in [0.2, 0.25) is 0 Å². The van der Waals surface area contributed by atoms with Gasteiger partial charge in [-0.3, -0.25) is 4.99 Å². The fourth-order valence-electron chi connectivity index (χ4n) is 7.95. The SMILES string of the molecule is c1ccc(C2=NC(c3ccc(-c4ccccc4)cc3)NC(C3=NCc4oc5cc(-n6c7ccccc7c7cc8ccccc8cc76)ccc5c43)=N2)cc1. The van der Waals surface area contributed by atoms with E-state index < -0.39 is 0 Å². The molecule has 250 valence electrons. The molecule has 2 aromatic heterocycles. The summed E-state index contributed by atoms with van der Waals surface area (Å²) in [4.78, 5) is 15.2. The van der Waals surface area contributed by atoms with Crippen LogP contribution in [-0.2, 0) is 6.54 Å². The van der Waals surface area contributed by atoms with Crippen LogP contribution in [0.3, 0.4) is 0 Å². The number of nitrogens with zero attached hydrogens (tertiary/aromatic N) is 4. The van der Waals surface area contributed by atoms with Crippen molar-refractivity contribution in [1.82, 2.24) is 9.88 Å². The van der Waals surface area contributed by atoms with E-state index in [4.69, 9.17) is 19.4 Å². The lowest BCUT2D eigenvalue weighted by atomic mass is 10.0. The first-order chi connectivity index (χ1) is 26.2. The Morgan fingerprint density at radius 2 is 1.28 bits per heavy atom. The monoisotopic (exact) mass is 681 g/mol. The van der Waals surface area contributed by atoms with Crippen LogP contribution in [-0.4, -0.2) is 22.0 Å². The molecular weight excluding hydrogens is 651 g/mol. The van der Waals surface area contributed by atoms with Crippen molar-refractivity contribution in [3.63, 3.8) is 0 Å². The van der Waals surface area contributed by atoms with Gasteiger partial charge in [0, 0.05) is 33.5 Å². The van der Waals surface area contributed by atoms with E-state index in [2.05, 4.69) is 149 Å². The molecule has 1 atom stereocenters. The fraction of sp³-hybridized carbons (Fsp3) is 0.0426. The van der Waals surface area contributed by atoms with Crippen LogP contribution < -0.4 is 5.32 Å². The summed E-state index contributed by atoms with van der Waals surface area (Å²) < 4.78 is 8.95. The average Bonchev–Trinajstić information content (AvgIpc) is 3.90. The highest BCUT2D eigenvalue weighted by molar-refractivity contribution is 6.51. The zero-order chi connectivity index (χ0) is 34.9. The van der Waals surface area contributed by atoms with Gasteiger partial charge in [0.25, 0.3) is 0 Å². The molecule has 11 rings (SSSR count). The maximum atomic E-state index is 6.60. The zero-order valence-corrected chi connectivity index (χ0v) is 28.6. The zero-order valence-electron chi connectivity index (χ0n) is 28.6. The second-order valence-corrected chi connectivity index (χ2v) is 13.6. The molecule has 9 aromatic rings. The lowest BCUT2D eigenvalue weighted by Crippen LogP contribution is -2.38. The Labute approximate surface area is 305 Å². The highest BCUT2D eigenvalue weighted by Gasteiger charge is 2.31. The molecule has 0 saturated heterocycles. The van der Waals surface area contributed by atoms with Crippen molar-refractivity contribution in [2.24, 2.45) is 15.0 Å². The van der Waals surface area contributed by atoms with Crippen LogP contribution in [0.2, 0.25) is 0 Å². The van der Waals surface area contributed by atoms with Crippen molar-refractivity contribution >= 4 is 60.9 Å². The highest BCUT2D eigenvalue weighted by atomic mass is 16.3. The van der Waals surface area contributed by atoms with Gasteiger partial charge in [-0.2, -0.15) is 0 Å². The Hall–Kier alpha value is -7.05. The number of furan rings is 1. The average molecular weight is 682 g/mol. The molecular formula is C47H31N5O. The third-order valence-electron chi connectivity index (χ3n) is 10.5. The maximum Gasteiger partial charge on any atom is 0.159 e. The number of aromatic nitrogens is 1. The molecule has 2 aliphatic heterocycles. The number of para-hydroxylation sites is 1. The molecule has 0 spiro atoms. The molecule has 4 heterocycles. The van der Waals surface area contributed by atoms with E-state index in [0.29, 0.717) is 18.2 Å². The van der Waals surface area contributed by atoms with E-state index in [0.717, 1.165) is 55.9 Å². The standard InChI is InChI=1S/C47H31N5O/c1-3-11-29(12-4-1)30-19-21-32(22-20-30)46-49-45(31-13-5-2-6-14-31)50-47(51-46)44-43-37-24-23-35(27-41(37)53-42(43)28-48-44)52-39-18-10-9-17-36(39)38-25-33-15-7-8-16-34(33)26-40(38)52/h1-27,46H,28H2,(H,49,50,51). The van der Waals surface area contributed by atoms with Crippen molar-refractivity contribution in [1.29, 1.82) is 0 Å². The second kappa shape index (κ2) is 11.8. The second-order valence-electron chi connectivity index (χ2n) is 13.6. The van der Waals surface area contributed by atoms with Crippen molar-refractivity contribution < 1.29 is 4.42 Å². The van der Waals surface area contributed by atoms with Crippen molar-refractivity contribution in [2.75, 3.05) is 0 Å². The van der Waals surface area contributed by atoms with Crippen molar-refractivity contribution in [2.45, 2.75) is 12.7 Å². The van der Waals surface area contributed by atoms with Crippen molar-refractivity contribution in [3.05, 3.63) is 186 Å². The first-order valence-corrected chi connectivity index (χ1v) is 17.9. The highest BCUT2D eigenvalue weighted by Crippen LogP contribution is 2.38. The smallest absolute Gasteiger partial charge is 0.159 e. The minimum atomic E-state index is -0.342. The van der Waals surface area contributed by atoms with Crippen LogP contribution >= 0.6 is 0 Å². The molecule has 1 unspecified atom stereocenters. The van der Waals surface area contributed by atoms with Gasteiger partial charge in [0.1, 0.15) is 23.2 Å².